The number of nitrogens with zero attached hydrogens (tertiary/aromatic N) is 3. The second kappa shape index (κ2) is 9.63. The Morgan fingerprint density at radius 3 is 2.83 bits per heavy atom. The molecule has 0 radical (unpaired) electrons. The van der Waals surface area contributed by atoms with E-state index in [1.165, 1.54) is 5.56 Å². The minimum absolute atomic E-state index is 0.282. The summed E-state index contributed by atoms with van der Waals surface area (Å²) in [6.45, 7) is 8.28. The van der Waals surface area contributed by atoms with E-state index in [4.69, 9.17) is 10.8 Å². The van der Waals surface area contributed by atoms with Crippen LogP contribution in [0.2, 0.25) is 0 Å². The second-order valence-corrected chi connectivity index (χ2v) is 7.92. The minimum Gasteiger partial charge on any atom is -0.321 e. The number of amides is 1. The fraction of sp³-hybridized carbons (Fsp3) is 0.391. The Hall–Kier alpha value is -3.06. The standard InChI is InChI=1S/C23H30N6O/c1-16(22(25)29-11-5-4-9-21(29)24)7-6-8-17(2)27-23(30)20-13-19-15-28(3)12-10-18(19)14-26-20/h6-8,13-14,24-25H,2,4-5,9-12,15H2,1,3H3,(H,27,30)/b8-6-,16-7+,24-21?,25-22?. The number of rotatable bonds is 5. The molecule has 1 aromatic heterocycles. The third-order valence-corrected chi connectivity index (χ3v) is 5.45. The Balaban J connectivity index is 1.57. The lowest BCUT2D eigenvalue weighted by atomic mass is 10.0. The molecular weight excluding hydrogens is 376 g/mol. The van der Waals surface area contributed by atoms with Gasteiger partial charge >= 0.3 is 0 Å². The number of amidine groups is 2. The molecule has 30 heavy (non-hydrogen) atoms. The zero-order valence-corrected chi connectivity index (χ0v) is 17.8. The molecule has 2 aliphatic heterocycles. The van der Waals surface area contributed by atoms with E-state index in [0.717, 1.165) is 56.5 Å². The van der Waals surface area contributed by atoms with Crippen molar-refractivity contribution in [2.75, 3.05) is 20.1 Å². The molecule has 158 valence electrons. The maximum atomic E-state index is 12.5. The maximum Gasteiger partial charge on any atom is 0.274 e. The Morgan fingerprint density at radius 1 is 1.27 bits per heavy atom. The number of carbonyl (C=O) groups excluding carboxylic acids is 1. The van der Waals surface area contributed by atoms with Crippen LogP contribution in [-0.2, 0) is 13.0 Å². The number of carbonyl (C=O) groups is 1. The smallest absolute Gasteiger partial charge is 0.274 e. The van der Waals surface area contributed by atoms with Gasteiger partial charge in [-0.25, -0.2) is 0 Å². The topological polar surface area (TPSA) is 96.2 Å². The Labute approximate surface area is 178 Å². The van der Waals surface area contributed by atoms with E-state index in [1.54, 1.807) is 29.3 Å². The molecule has 0 atom stereocenters. The number of piperidine rings is 1. The summed E-state index contributed by atoms with van der Waals surface area (Å²) in [6.07, 6.45) is 10.7. The SMILES string of the molecule is C=C(/C=C\C=C(/C)C(=N)N1CCCCC1=N)NC(=O)c1cc2c(cn1)CCN(C)C2. The molecular formula is C23H30N6O. The number of nitrogens with one attached hydrogen (secondary N) is 3. The van der Waals surface area contributed by atoms with Crippen LogP contribution in [0.3, 0.4) is 0 Å². The van der Waals surface area contributed by atoms with Crippen molar-refractivity contribution in [3.8, 4) is 0 Å². The highest BCUT2D eigenvalue weighted by atomic mass is 16.1. The van der Waals surface area contributed by atoms with Crippen molar-refractivity contribution in [3.05, 3.63) is 65.2 Å². The van der Waals surface area contributed by atoms with E-state index in [-0.39, 0.29) is 5.91 Å². The highest BCUT2D eigenvalue weighted by Gasteiger charge is 2.19. The molecule has 0 unspecified atom stereocenters. The molecule has 7 heteroatoms. The van der Waals surface area contributed by atoms with Crippen molar-refractivity contribution in [2.24, 2.45) is 0 Å². The van der Waals surface area contributed by atoms with E-state index in [9.17, 15) is 4.79 Å². The van der Waals surface area contributed by atoms with Crippen LogP contribution < -0.4 is 5.32 Å². The zero-order valence-electron chi connectivity index (χ0n) is 17.8. The van der Waals surface area contributed by atoms with E-state index >= 15 is 0 Å². The number of hydrogen-bond donors (Lipinski definition) is 3. The average molecular weight is 407 g/mol. The number of likely N-dealkylation sites (N-methyl/N-ethyl adjacent to an activating group) is 1. The lowest BCUT2D eigenvalue weighted by Gasteiger charge is -2.29. The highest BCUT2D eigenvalue weighted by molar-refractivity contribution is 6.06. The van der Waals surface area contributed by atoms with Crippen LogP contribution in [0.15, 0.2) is 48.3 Å². The fourth-order valence-corrected chi connectivity index (χ4v) is 3.63. The molecule has 0 aliphatic carbocycles. The first-order valence-corrected chi connectivity index (χ1v) is 10.3. The first-order valence-electron chi connectivity index (χ1n) is 10.3. The molecule has 2 aliphatic rings. The Kier molecular flexibility index (Phi) is 6.95. The van der Waals surface area contributed by atoms with Gasteiger partial charge in [0.05, 0.1) is 0 Å². The molecule has 3 heterocycles. The lowest BCUT2D eigenvalue weighted by Crippen LogP contribution is -2.39. The molecule has 1 saturated heterocycles. The molecule has 0 saturated carbocycles. The second-order valence-electron chi connectivity index (χ2n) is 7.92. The Morgan fingerprint density at radius 2 is 2.07 bits per heavy atom. The summed E-state index contributed by atoms with van der Waals surface area (Å²) >= 11 is 0. The van der Waals surface area contributed by atoms with Crippen LogP contribution in [0.4, 0.5) is 0 Å². The van der Waals surface area contributed by atoms with Crippen LogP contribution in [0.1, 0.15) is 47.8 Å². The van der Waals surface area contributed by atoms with Gasteiger partial charge in [-0.1, -0.05) is 18.7 Å². The normalized spacial score (nSPS) is 17.7. The number of pyridine rings is 1. The van der Waals surface area contributed by atoms with Crippen molar-refractivity contribution in [1.29, 1.82) is 10.8 Å². The van der Waals surface area contributed by atoms with Gasteiger partial charge in [0.15, 0.2) is 0 Å². The molecule has 3 N–H and O–H groups in total. The van der Waals surface area contributed by atoms with Gasteiger partial charge in [-0.05, 0) is 62.1 Å². The van der Waals surface area contributed by atoms with E-state index in [0.29, 0.717) is 23.1 Å². The monoisotopic (exact) mass is 406 g/mol. The number of fused-ring (bicyclic) bond motifs is 1. The van der Waals surface area contributed by atoms with Crippen molar-refractivity contribution in [3.63, 3.8) is 0 Å². The summed E-state index contributed by atoms with van der Waals surface area (Å²) < 4.78 is 0. The summed E-state index contributed by atoms with van der Waals surface area (Å²) in [5.74, 6) is 0.571. The highest BCUT2D eigenvalue weighted by Crippen LogP contribution is 2.18. The third kappa shape index (κ3) is 5.30. The fourth-order valence-electron chi connectivity index (χ4n) is 3.63. The van der Waals surface area contributed by atoms with Gasteiger partial charge in [0.2, 0.25) is 0 Å². The van der Waals surface area contributed by atoms with Gasteiger partial charge in [0.25, 0.3) is 5.91 Å². The van der Waals surface area contributed by atoms with Crippen LogP contribution in [0.5, 0.6) is 0 Å². The number of hydrogen-bond acceptors (Lipinski definition) is 5. The van der Waals surface area contributed by atoms with Gasteiger partial charge in [-0.15, -0.1) is 0 Å². The van der Waals surface area contributed by atoms with E-state index in [2.05, 4.69) is 28.8 Å². The summed E-state index contributed by atoms with van der Waals surface area (Å²) in [5.41, 5.74) is 3.95. The molecule has 1 fully saturated rings. The van der Waals surface area contributed by atoms with Crippen molar-refractivity contribution in [2.45, 2.75) is 39.2 Å². The van der Waals surface area contributed by atoms with Crippen LogP contribution >= 0.6 is 0 Å². The number of aromatic nitrogens is 1. The molecule has 3 rings (SSSR count). The predicted molar refractivity (Wildman–Crippen MR) is 120 cm³/mol. The molecule has 0 spiro atoms. The third-order valence-electron chi connectivity index (χ3n) is 5.45. The zero-order chi connectivity index (χ0) is 21.7. The van der Waals surface area contributed by atoms with E-state index in [1.807, 2.05) is 13.0 Å². The van der Waals surface area contributed by atoms with Crippen LogP contribution in [0, 0.1) is 10.8 Å². The Bertz CT molecular complexity index is 930. The van der Waals surface area contributed by atoms with Crippen LogP contribution in [0.25, 0.3) is 0 Å². The number of allylic oxidation sites excluding steroid dienone is 3. The first kappa shape index (κ1) is 21.6. The predicted octanol–water partition coefficient (Wildman–Crippen LogP) is 3.26. The molecule has 0 bridgehead atoms. The summed E-state index contributed by atoms with van der Waals surface area (Å²) in [7, 11) is 2.07. The maximum absolute atomic E-state index is 12.5. The van der Waals surface area contributed by atoms with E-state index < -0.39 is 0 Å². The molecule has 1 aromatic rings. The van der Waals surface area contributed by atoms with Crippen molar-refractivity contribution < 1.29 is 4.79 Å². The van der Waals surface area contributed by atoms with Crippen molar-refractivity contribution in [1.82, 2.24) is 20.1 Å². The van der Waals surface area contributed by atoms with Gasteiger partial charge in [-0.2, -0.15) is 0 Å². The van der Waals surface area contributed by atoms with Gasteiger partial charge in [0.1, 0.15) is 17.4 Å². The van der Waals surface area contributed by atoms with Crippen LogP contribution in [-0.4, -0.2) is 52.5 Å². The molecule has 0 aromatic carbocycles. The van der Waals surface area contributed by atoms with Gasteiger partial charge in [0, 0.05) is 37.9 Å². The minimum atomic E-state index is -0.282. The largest absolute Gasteiger partial charge is 0.321 e. The quantitative estimate of drug-likeness (QED) is 0.397. The van der Waals surface area contributed by atoms with Gasteiger partial charge in [-0.3, -0.25) is 20.6 Å². The summed E-state index contributed by atoms with van der Waals surface area (Å²) in [5, 5.41) is 19.1. The summed E-state index contributed by atoms with van der Waals surface area (Å²) in [4.78, 5) is 20.8. The molecule has 7 nitrogen and oxygen atoms in total. The van der Waals surface area contributed by atoms with Gasteiger partial charge < -0.3 is 15.1 Å². The summed E-state index contributed by atoms with van der Waals surface area (Å²) in [6, 6.07) is 1.86. The number of likely N-dealkylation sites (tertiary alicyclic amines) is 1. The first-order chi connectivity index (χ1) is 14.3. The molecule has 1 amide bonds. The lowest BCUT2D eigenvalue weighted by molar-refractivity contribution is 0.0962. The van der Waals surface area contributed by atoms with Crippen molar-refractivity contribution >= 4 is 17.6 Å². The average Bonchev–Trinajstić information content (AvgIpc) is 2.72.